The fourth-order valence-corrected chi connectivity index (χ4v) is 2.35. The summed E-state index contributed by atoms with van der Waals surface area (Å²) in [5, 5.41) is 1.56. The fourth-order valence-electron chi connectivity index (χ4n) is 2.35. The van der Waals surface area contributed by atoms with Gasteiger partial charge in [0.25, 0.3) is 0 Å². The predicted octanol–water partition coefficient (Wildman–Crippen LogP) is 2.47. The van der Waals surface area contributed by atoms with Gasteiger partial charge in [-0.2, -0.15) is 13.2 Å². The number of nitrogens with two attached hydrogens (primary N) is 1. The highest BCUT2D eigenvalue weighted by Crippen LogP contribution is 2.32. The largest absolute Gasteiger partial charge is 0.487 e. The number of benzene rings is 2. The average molecular weight is 308 g/mol. The number of amides is 1. The third-order valence-corrected chi connectivity index (χ3v) is 3.50. The van der Waals surface area contributed by atoms with Gasteiger partial charge in [-0.25, -0.2) is 4.79 Å². The Morgan fingerprint density at radius 3 is 2.36 bits per heavy atom. The Balaban J connectivity index is 1.97. The monoisotopic (exact) mass is 308 g/mol. The molecule has 2 N–H and O–H groups in total. The summed E-state index contributed by atoms with van der Waals surface area (Å²) in [5.74, 6) is 0.385. The first-order valence-electron chi connectivity index (χ1n) is 6.77. The van der Waals surface area contributed by atoms with Crippen LogP contribution in [0.1, 0.15) is 15.9 Å². The minimum atomic E-state index is -4.36. The highest BCUT2D eigenvalue weighted by atomic mass is 19.4. The Kier molecular flexibility index (Phi) is 3.62. The molecule has 0 radical (unpaired) electrons. The van der Waals surface area contributed by atoms with Gasteiger partial charge in [0.05, 0.1) is 5.56 Å². The average Bonchev–Trinajstić information content (AvgIpc) is 2.68. The van der Waals surface area contributed by atoms with Gasteiger partial charge in [-0.15, -0.1) is 0 Å². The van der Waals surface area contributed by atoms with Crippen LogP contribution >= 0.6 is 0 Å². The SMILES string of the molecule is O=C1[NH2+]CCOc2ccc(-c3ccc(C(F)(F)F)cc3)cc21. The third-order valence-electron chi connectivity index (χ3n) is 3.50. The Morgan fingerprint density at radius 1 is 1.00 bits per heavy atom. The molecule has 0 fully saturated rings. The summed E-state index contributed by atoms with van der Waals surface area (Å²) in [6.45, 7) is 0.988. The van der Waals surface area contributed by atoms with E-state index in [0.717, 1.165) is 12.1 Å². The molecule has 0 spiro atoms. The van der Waals surface area contributed by atoms with Crippen molar-refractivity contribution in [1.29, 1.82) is 0 Å². The van der Waals surface area contributed by atoms with Gasteiger partial charge in [-0.3, -0.25) is 5.32 Å². The van der Waals surface area contributed by atoms with E-state index in [0.29, 0.717) is 35.6 Å². The normalized spacial score (nSPS) is 15.0. The van der Waals surface area contributed by atoms with Gasteiger partial charge in [0.1, 0.15) is 24.5 Å². The summed E-state index contributed by atoms with van der Waals surface area (Å²) in [6, 6.07) is 9.94. The van der Waals surface area contributed by atoms with E-state index in [4.69, 9.17) is 4.74 Å². The van der Waals surface area contributed by atoms with Gasteiger partial charge in [0.15, 0.2) is 0 Å². The first-order chi connectivity index (χ1) is 10.4. The standard InChI is InChI=1S/C16H12F3NO2/c17-16(18,19)12-4-1-10(2-5-12)11-3-6-14-13(9-11)15(21)20-7-8-22-14/h1-6,9H,7-8H2,(H,20,21)/p+1. The Labute approximate surface area is 124 Å². The first kappa shape index (κ1) is 14.6. The summed E-state index contributed by atoms with van der Waals surface area (Å²) in [4.78, 5) is 12.0. The van der Waals surface area contributed by atoms with Crippen LogP contribution in [-0.2, 0) is 6.18 Å². The zero-order valence-corrected chi connectivity index (χ0v) is 11.5. The maximum atomic E-state index is 12.6. The van der Waals surface area contributed by atoms with E-state index >= 15 is 0 Å². The topological polar surface area (TPSA) is 42.9 Å². The maximum Gasteiger partial charge on any atom is 0.416 e. The molecule has 1 amide bonds. The molecular weight excluding hydrogens is 295 g/mol. The van der Waals surface area contributed by atoms with Crippen molar-refractivity contribution in [3.05, 3.63) is 53.6 Å². The number of carbonyl (C=O) groups excluding carboxylic acids is 1. The number of rotatable bonds is 1. The van der Waals surface area contributed by atoms with Gasteiger partial charge < -0.3 is 4.74 Å². The van der Waals surface area contributed by atoms with Crippen LogP contribution in [-0.4, -0.2) is 19.1 Å². The minimum Gasteiger partial charge on any atom is -0.487 e. The van der Waals surface area contributed by atoms with Gasteiger partial charge in [0.2, 0.25) is 0 Å². The molecule has 0 saturated heterocycles. The lowest BCUT2D eigenvalue weighted by molar-refractivity contribution is -0.554. The van der Waals surface area contributed by atoms with Crippen molar-refractivity contribution in [1.82, 2.24) is 0 Å². The van der Waals surface area contributed by atoms with Crippen LogP contribution in [0.3, 0.4) is 0 Å². The number of halogens is 3. The fraction of sp³-hybridized carbons (Fsp3) is 0.188. The number of carbonyl (C=O) groups is 1. The molecule has 0 saturated carbocycles. The quantitative estimate of drug-likeness (QED) is 0.879. The molecule has 1 aliphatic heterocycles. The van der Waals surface area contributed by atoms with Crippen LogP contribution in [0.5, 0.6) is 5.75 Å². The molecule has 114 valence electrons. The van der Waals surface area contributed by atoms with E-state index in [1.165, 1.54) is 12.1 Å². The zero-order chi connectivity index (χ0) is 15.7. The number of ether oxygens (including phenoxy) is 1. The van der Waals surface area contributed by atoms with Crippen LogP contribution in [0.4, 0.5) is 13.2 Å². The lowest BCUT2D eigenvalue weighted by Gasteiger charge is -2.09. The molecule has 1 aliphatic rings. The second-order valence-electron chi connectivity index (χ2n) is 4.99. The van der Waals surface area contributed by atoms with Crippen molar-refractivity contribution in [2.45, 2.75) is 6.18 Å². The Bertz CT molecular complexity index is 708. The van der Waals surface area contributed by atoms with Crippen molar-refractivity contribution in [2.75, 3.05) is 13.2 Å². The molecule has 3 nitrogen and oxygen atoms in total. The molecule has 1 heterocycles. The van der Waals surface area contributed by atoms with Crippen molar-refractivity contribution in [2.24, 2.45) is 0 Å². The highest BCUT2D eigenvalue weighted by molar-refractivity contribution is 5.92. The molecule has 0 atom stereocenters. The maximum absolute atomic E-state index is 12.6. The molecule has 22 heavy (non-hydrogen) atoms. The van der Waals surface area contributed by atoms with Gasteiger partial charge in [0, 0.05) is 0 Å². The number of fused-ring (bicyclic) bond motifs is 1. The van der Waals surface area contributed by atoms with Gasteiger partial charge >= 0.3 is 12.1 Å². The molecule has 0 unspecified atom stereocenters. The van der Waals surface area contributed by atoms with Crippen molar-refractivity contribution < 1.29 is 28.0 Å². The van der Waals surface area contributed by atoms with Crippen molar-refractivity contribution >= 4 is 5.91 Å². The molecule has 2 aromatic carbocycles. The summed E-state index contributed by atoms with van der Waals surface area (Å²) in [7, 11) is 0. The lowest BCUT2D eigenvalue weighted by atomic mass is 10.0. The van der Waals surface area contributed by atoms with E-state index in [9.17, 15) is 18.0 Å². The Hall–Kier alpha value is -2.34. The van der Waals surface area contributed by atoms with E-state index in [1.54, 1.807) is 23.5 Å². The van der Waals surface area contributed by atoms with Crippen LogP contribution in [0.25, 0.3) is 11.1 Å². The van der Waals surface area contributed by atoms with Crippen LogP contribution < -0.4 is 10.1 Å². The van der Waals surface area contributed by atoms with Crippen LogP contribution in [0.2, 0.25) is 0 Å². The van der Waals surface area contributed by atoms with Crippen molar-refractivity contribution in [3.8, 4) is 16.9 Å². The van der Waals surface area contributed by atoms with E-state index < -0.39 is 11.7 Å². The summed E-state index contributed by atoms with van der Waals surface area (Å²) >= 11 is 0. The zero-order valence-electron chi connectivity index (χ0n) is 11.5. The van der Waals surface area contributed by atoms with Gasteiger partial charge in [-0.1, -0.05) is 18.2 Å². The molecule has 0 aliphatic carbocycles. The number of alkyl halides is 3. The summed E-state index contributed by atoms with van der Waals surface area (Å²) in [5.41, 5.74) is 1.04. The van der Waals surface area contributed by atoms with Crippen molar-refractivity contribution in [3.63, 3.8) is 0 Å². The second kappa shape index (κ2) is 5.46. The molecule has 6 heteroatoms. The number of primary amides is 1. The lowest BCUT2D eigenvalue weighted by Crippen LogP contribution is -2.88. The number of quaternary nitrogens is 1. The van der Waals surface area contributed by atoms with Gasteiger partial charge in [-0.05, 0) is 35.4 Å². The summed E-state index contributed by atoms with van der Waals surface area (Å²) < 4.78 is 43.2. The van der Waals surface area contributed by atoms with Crippen LogP contribution in [0, 0.1) is 0 Å². The first-order valence-corrected chi connectivity index (χ1v) is 6.77. The van der Waals surface area contributed by atoms with E-state index in [-0.39, 0.29) is 5.91 Å². The summed E-state index contributed by atoms with van der Waals surface area (Å²) in [6.07, 6.45) is -4.36. The molecule has 2 aromatic rings. The third kappa shape index (κ3) is 2.82. The molecule has 0 aromatic heterocycles. The smallest absolute Gasteiger partial charge is 0.416 e. The van der Waals surface area contributed by atoms with E-state index in [1.807, 2.05) is 0 Å². The number of hydrogen-bond donors (Lipinski definition) is 1. The Morgan fingerprint density at radius 2 is 1.68 bits per heavy atom. The minimum absolute atomic E-state index is 0.124. The second-order valence-corrected chi connectivity index (χ2v) is 4.99. The number of hydrogen-bond acceptors (Lipinski definition) is 2. The van der Waals surface area contributed by atoms with E-state index in [2.05, 4.69) is 0 Å². The molecular formula is C16H13F3NO2+. The highest BCUT2D eigenvalue weighted by Gasteiger charge is 2.30. The molecule has 0 bridgehead atoms. The predicted molar refractivity (Wildman–Crippen MR) is 73.5 cm³/mol. The molecule has 3 rings (SSSR count). The van der Waals surface area contributed by atoms with Crippen LogP contribution in [0.15, 0.2) is 42.5 Å².